The van der Waals surface area contributed by atoms with Gasteiger partial charge in [-0.25, -0.2) is 9.97 Å². The molecular weight excluding hydrogens is 232 g/mol. The molecule has 0 spiro atoms. The van der Waals surface area contributed by atoms with E-state index in [0.717, 1.165) is 10.7 Å². The first kappa shape index (κ1) is 12.0. The lowest BCUT2D eigenvalue weighted by molar-refractivity contribution is 0.704. The molecule has 0 radical (unpaired) electrons. The largest absolute Gasteiger partial charge is 0.327 e. The molecule has 2 aromatic heterocycles. The Morgan fingerprint density at radius 1 is 1.18 bits per heavy atom. The van der Waals surface area contributed by atoms with Crippen molar-refractivity contribution in [1.29, 1.82) is 0 Å². The molecule has 0 bridgehead atoms. The van der Waals surface area contributed by atoms with Crippen LogP contribution in [0.3, 0.4) is 0 Å². The Kier molecular flexibility index (Phi) is 4.06. The van der Waals surface area contributed by atoms with Crippen LogP contribution < -0.4 is 5.73 Å². The van der Waals surface area contributed by atoms with Gasteiger partial charge in [0, 0.05) is 18.4 Å². The van der Waals surface area contributed by atoms with Crippen LogP contribution in [0, 0.1) is 0 Å². The van der Waals surface area contributed by atoms with Crippen molar-refractivity contribution in [2.24, 2.45) is 5.73 Å². The van der Waals surface area contributed by atoms with E-state index in [1.54, 1.807) is 30.5 Å². The second-order valence-electron chi connectivity index (χ2n) is 3.70. The fraction of sp³-hybridized carbons (Fsp3) is 0.250. The van der Waals surface area contributed by atoms with Crippen LogP contribution >= 0.6 is 11.8 Å². The van der Waals surface area contributed by atoms with E-state index in [4.69, 9.17) is 5.73 Å². The van der Waals surface area contributed by atoms with E-state index in [-0.39, 0.29) is 11.3 Å². The van der Waals surface area contributed by atoms with Gasteiger partial charge in [-0.3, -0.25) is 4.98 Å². The summed E-state index contributed by atoms with van der Waals surface area (Å²) in [5.74, 6) is 0. The third-order valence-corrected chi connectivity index (χ3v) is 3.67. The molecule has 0 fully saturated rings. The van der Waals surface area contributed by atoms with Crippen LogP contribution in [-0.2, 0) is 0 Å². The van der Waals surface area contributed by atoms with Crippen LogP contribution in [0.15, 0.2) is 48.0 Å². The number of pyridine rings is 1. The summed E-state index contributed by atoms with van der Waals surface area (Å²) in [5, 5.41) is 1.01. The molecule has 4 nitrogen and oxygen atoms in total. The van der Waals surface area contributed by atoms with E-state index in [0.29, 0.717) is 0 Å². The second-order valence-corrected chi connectivity index (χ2v) is 4.86. The van der Waals surface area contributed by atoms with Gasteiger partial charge in [0.2, 0.25) is 0 Å². The molecule has 0 saturated carbocycles. The van der Waals surface area contributed by atoms with E-state index in [1.807, 2.05) is 31.2 Å². The lowest BCUT2D eigenvalue weighted by Crippen LogP contribution is -2.23. The molecule has 88 valence electrons. The minimum Gasteiger partial charge on any atom is -0.327 e. The zero-order valence-electron chi connectivity index (χ0n) is 9.52. The van der Waals surface area contributed by atoms with Gasteiger partial charge >= 0.3 is 0 Å². The topological polar surface area (TPSA) is 64.7 Å². The van der Waals surface area contributed by atoms with Crippen LogP contribution in [0.2, 0.25) is 0 Å². The molecule has 0 aliphatic rings. The van der Waals surface area contributed by atoms with E-state index >= 15 is 0 Å². The number of hydrogen-bond acceptors (Lipinski definition) is 5. The first-order valence-electron chi connectivity index (χ1n) is 5.36. The average Bonchev–Trinajstić information content (AvgIpc) is 2.38. The smallest absolute Gasteiger partial charge is 0.116 e. The maximum Gasteiger partial charge on any atom is 0.116 e. The Bertz CT molecular complexity index is 447. The molecule has 2 unspecified atom stereocenters. The molecule has 0 aromatic carbocycles. The van der Waals surface area contributed by atoms with Crippen LogP contribution in [0.1, 0.15) is 17.9 Å². The number of rotatable bonds is 4. The Morgan fingerprint density at radius 3 is 2.65 bits per heavy atom. The molecule has 2 rings (SSSR count). The predicted molar refractivity (Wildman–Crippen MR) is 68.5 cm³/mol. The summed E-state index contributed by atoms with van der Waals surface area (Å²) >= 11 is 1.61. The number of hydrogen-bond donors (Lipinski definition) is 1. The van der Waals surface area contributed by atoms with E-state index in [9.17, 15) is 0 Å². The average molecular weight is 246 g/mol. The lowest BCUT2D eigenvalue weighted by atomic mass is 10.2. The molecule has 0 aliphatic heterocycles. The Balaban J connectivity index is 2.20. The molecule has 0 aliphatic carbocycles. The quantitative estimate of drug-likeness (QED) is 0.660. The first-order chi connectivity index (χ1) is 8.27. The van der Waals surface area contributed by atoms with Crippen molar-refractivity contribution in [3.63, 3.8) is 0 Å². The number of aromatic nitrogens is 3. The molecular formula is C12H14N4S. The lowest BCUT2D eigenvalue weighted by Gasteiger charge is -2.18. The van der Waals surface area contributed by atoms with Gasteiger partial charge in [-0.15, -0.1) is 0 Å². The highest BCUT2D eigenvalue weighted by Gasteiger charge is 2.19. The van der Waals surface area contributed by atoms with Gasteiger partial charge < -0.3 is 5.73 Å². The zero-order valence-corrected chi connectivity index (χ0v) is 10.3. The van der Waals surface area contributed by atoms with Crippen LogP contribution in [0.5, 0.6) is 0 Å². The highest BCUT2D eigenvalue weighted by atomic mass is 32.2. The molecule has 2 aromatic rings. The van der Waals surface area contributed by atoms with Crippen molar-refractivity contribution < 1.29 is 0 Å². The van der Waals surface area contributed by atoms with Crippen molar-refractivity contribution in [1.82, 2.24) is 15.0 Å². The predicted octanol–water partition coefficient (Wildman–Crippen LogP) is 2.05. The molecule has 2 atom stereocenters. The molecule has 2 N–H and O–H groups in total. The summed E-state index contributed by atoms with van der Waals surface area (Å²) in [6.07, 6.45) is 5.05. The summed E-state index contributed by atoms with van der Waals surface area (Å²) in [4.78, 5) is 12.4. The SMILES string of the molecule is CC(N)C(Sc1ccncn1)c1ccccn1. The van der Waals surface area contributed by atoms with Crippen molar-refractivity contribution >= 4 is 11.8 Å². The number of nitrogens with zero attached hydrogens (tertiary/aromatic N) is 3. The summed E-state index contributed by atoms with van der Waals surface area (Å²) in [5.41, 5.74) is 6.99. The molecule has 2 heterocycles. The summed E-state index contributed by atoms with van der Waals surface area (Å²) in [6.45, 7) is 1.98. The fourth-order valence-corrected chi connectivity index (χ4v) is 2.44. The van der Waals surface area contributed by atoms with Crippen LogP contribution in [0.25, 0.3) is 0 Å². The van der Waals surface area contributed by atoms with Gasteiger partial charge in [-0.05, 0) is 25.1 Å². The van der Waals surface area contributed by atoms with Gasteiger partial charge in [-0.2, -0.15) is 0 Å². The van der Waals surface area contributed by atoms with Crippen LogP contribution in [-0.4, -0.2) is 21.0 Å². The third kappa shape index (κ3) is 3.25. The Morgan fingerprint density at radius 2 is 2.06 bits per heavy atom. The minimum absolute atomic E-state index is 0.00450. The normalized spacial score (nSPS) is 14.2. The first-order valence-corrected chi connectivity index (χ1v) is 6.24. The minimum atomic E-state index is 0.00450. The highest BCUT2D eigenvalue weighted by Crippen LogP contribution is 2.34. The van der Waals surface area contributed by atoms with E-state index in [2.05, 4.69) is 15.0 Å². The molecule has 0 saturated heterocycles. The second kappa shape index (κ2) is 5.75. The fourth-order valence-electron chi connectivity index (χ4n) is 1.46. The molecule has 0 amide bonds. The van der Waals surface area contributed by atoms with Crippen LogP contribution in [0.4, 0.5) is 0 Å². The van der Waals surface area contributed by atoms with E-state index < -0.39 is 0 Å². The van der Waals surface area contributed by atoms with Gasteiger partial charge in [0.1, 0.15) is 11.4 Å². The van der Waals surface area contributed by atoms with E-state index in [1.165, 1.54) is 0 Å². The monoisotopic (exact) mass is 246 g/mol. The Labute approximate surface area is 105 Å². The number of thioether (sulfide) groups is 1. The van der Waals surface area contributed by atoms with Crippen molar-refractivity contribution in [3.8, 4) is 0 Å². The Hall–Kier alpha value is -1.46. The van der Waals surface area contributed by atoms with Gasteiger partial charge in [0.25, 0.3) is 0 Å². The molecule has 17 heavy (non-hydrogen) atoms. The standard InChI is InChI=1S/C12H14N4S/c1-9(13)12(10-4-2-3-6-15-10)17-11-5-7-14-8-16-11/h2-9,12H,13H2,1H3. The summed E-state index contributed by atoms with van der Waals surface area (Å²) in [7, 11) is 0. The third-order valence-electron chi connectivity index (χ3n) is 2.26. The summed E-state index contributed by atoms with van der Waals surface area (Å²) < 4.78 is 0. The van der Waals surface area contributed by atoms with Crippen molar-refractivity contribution in [3.05, 3.63) is 48.7 Å². The highest BCUT2D eigenvalue weighted by molar-refractivity contribution is 7.99. The molecule has 5 heteroatoms. The maximum atomic E-state index is 6.01. The van der Waals surface area contributed by atoms with Crippen molar-refractivity contribution in [2.75, 3.05) is 0 Å². The zero-order chi connectivity index (χ0) is 12.1. The van der Waals surface area contributed by atoms with Gasteiger partial charge in [0.15, 0.2) is 0 Å². The van der Waals surface area contributed by atoms with Gasteiger partial charge in [-0.1, -0.05) is 17.8 Å². The number of nitrogens with two attached hydrogens (primary N) is 1. The van der Waals surface area contributed by atoms with Gasteiger partial charge in [0.05, 0.1) is 10.9 Å². The summed E-state index contributed by atoms with van der Waals surface area (Å²) in [6, 6.07) is 7.74. The maximum absolute atomic E-state index is 6.01. The van der Waals surface area contributed by atoms with Crippen molar-refractivity contribution in [2.45, 2.75) is 23.2 Å².